The van der Waals surface area contributed by atoms with Crippen LogP contribution in [0.2, 0.25) is 0 Å². The summed E-state index contributed by atoms with van der Waals surface area (Å²) >= 11 is 1.43. The Hall–Kier alpha value is -3.00. The molecular weight excluding hydrogens is 338 g/mol. The summed E-state index contributed by atoms with van der Waals surface area (Å²) in [6, 6.07) is 14.6. The number of aromatic nitrogens is 2. The van der Waals surface area contributed by atoms with Gasteiger partial charge < -0.3 is 4.74 Å². The molecule has 128 valence electrons. The smallest absolute Gasteiger partial charge is 0.260 e. The van der Waals surface area contributed by atoms with Gasteiger partial charge in [0.05, 0.1) is 23.7 Å². The molecule has 0 aliphatic rings. The SMILES string of the molecule is COc1ccc(N=C(NNc2nc3ccccc3c(=O)[nH]2)SC)cc1. The summed E-state index contributed by atoms with van der Waals surface area (Å²) in [7, 11) is 1.62. The van der Waals surface area contributed by atoms with Crippen molar-refractivity contribution < 1.29 is 4.74 Å². The van der Waals surface area contributed by atoms with Crippen LogP contribution in [0.3, 0.4) is 0 Å². The van der Waals surface area contributed by atoms with Gasteiger partial charge in [-0.2, -0.15) is 0 Å². The molecule has 0 amide bonds. The van der Waals surface area contributed by atoms with Crippen LogP contribution in [0.15, 0.2) is 58.3 Å². The molecule has 0 spiro atoms. The number of rotatable bonds is 4. The van der Waals surface area contributed by atoms with Gasteiger partial charge in [-0.1, -0.05) is 23.9 Å². The van der Waals surface area contributed by atoms with Gasteiger partial charge in [-0.05, 0) is 42.7 Å². The van der Waals surface area contributed by atoms with Gasteiger partial charge >= 0.3 is 0 Å². The van der Waals surface area contributed by atoms with Crippen LogP contribution >= 0.6 is 11.8 Å². The Morgan fingerprint density at radius 3 is 2.68 bits per heavy atom. The summed E-state index contributed by atoms with van der Waals surface area (Å²) in [6.45, 7) is 0. The lowest BCUT2D eigenvalue weighted by Crippen LogP contribution is -2.29. The molecule has 0 bridgehead atoms. The van der Waals surface area contributed by atoms with Gasteiger partial charge in [0.25, 0.3) is 5.56 Å². The maximum atomic E-state index is 12.1. The number of benzene rings is 2. The van der Waals surface area contributed by atoms with Crippen molar-refractivity contribution in [1.29, 1.82) is 0 Å². The number of nitrogens with one attached hydrogen (secondary N) is 3. The first-order valence-electron chi connectivity index (χ1n) is 7.47. The Balaban J connectivity index is 1.76. The summed E-state index contributed by atoms with van der Waals surface area (Å²) in [4.78, 5) is 23.6. The normalized spacial score (nSPS) is 11.4. The third-order valence-electron chi connectivity index (χ3n) is 3.40. The number of fused-ring (bicyclic) bond motifs is 1. The Morgan fingerprint density at radius 2 is 1.96 bits per heavy atom. The third-order valence-corrected chi connectivity index (χ3v) is 3.98. The van der Waals surface area contributed by atoms with E-state index in [1.54, 1.807) is 25.3 Å². The summed E-state index contributed by atoms with van der Waals surface area (Å²) in [5.41, 5.74) is 7.03. The Bertz CT molecular complexity index is 953. The van der Waals surface area contributed by atoms with Crippen LogP contribution < -0.4 is 21.1 Å². The predicted molar refractivity (Wildman–Crippen MR) is 103 cm³/mol. The van der Waals surface area contributed by atoms with E-state index >= 15 is 0 Å². The molecule has 1 aromatic heterocycles. The predicted octanol–water partition coefficient (Wildman–Crippen LogP) is 2.90. The van der Waals surface area contributed by atoms with Crippen molar-refractivity contribution >= 4 is 39.5 Å². The van der Waals surface area contributed by atoms with Crippen molar-refractivity contribution in [1.82, 2.24) is 15.4 Å². The fourth-order valence-corrected chi connectivity index (χ4v) is 2.51. The minimum absolute atomic E-state index is 0.201. The number of H-pyrrole nitrogens is 1. The molecule has 0 unspecified atom stereocenters. The molecule has 8 heteroatoms. The van der Waals surface area contributed by atoms with Gasteiger partial charge in [-0.25, -0.2) is 9.98 Å². The molecule has 3 rings (SSSR count). The average Bonchev–Trinajstić information content (AvgIpc) is 2.65. The van der Waals surface area contributed by atoms with E-state index < -0.39 is 0 Å². The number of amidine groups is 1. The van der Waals surface area contributed by atoms with Crippen molar-refractivity contribution in [3.05, 3.63) is 58.9 Å². The maximum absolute atomic E-state index is 12.1. The van der Waals surface area contributed by atoms with Gasteiger partial charge in [0.1, 0.15) is 5.75 Å². The minimum atomic E-state index is -0.201. The summed E-state index contributed by atoms with van der Waals surface area (Å²) in [6.07, 6.45) is 1.90. The van der Waals surface area contributed by atoms with E-state index in [0.717, 1.165) is 11.4 Å². The number of aliphatic imine (C=N–C) groups is 1. The first-order chi connectivity index (χ1) is 12.2. The zero-order chi connectivity index (χ0) is 17.6. The molecule has 25 heavy (non-hydrogen) atoms. The van der Waals surface area contributed by atoms with Crippen LogP contribution in [-0.4, -0.2) is 28.5 Å². The van der Waals surface area contributed by atoms with E-state index in [2.05, 4.69) is 25.8 Å². The monoisotopic (exact) mass is 355 g/mol. The number of anilines is 1. The molecule has 0 fully saturated rings. The van der Waals surface area contributed by atoms with Gasteiger partial charge in [-0.3, -0.25) is 20.6 Å². The number of thioether (sulfide) groups is 1. The summed E-state index contributed by atoms with van der Waals surface area (Å²) in [5, 5.41) is 1.17. The molecule has 0 aliphatic heterocycles. The molecule has 0 aliphatic carbocycles. The second-order valence-corrected chi connectivity index (χ2v) is 5.80. The van der Waals surface area contributed by atoms with Gasteiger partial charge in [0.15, 0.2) is 5.17 Å². The van der Waals surface area contributed by atoms with E-state index in [1.165, 1.54) is 11.8 Å². The van der Waals surface area contributed by atoms with Crippen LogP contribution in [0.1, 0.15) is 0 Å². The maximum Gasteiger partial charge on any atom is 0.260 e. The van der Waals surface area contributed by atoms with Crippen molar-refractivity contribution in [2.75, 3.05) is 18.8 Å². The zero-order valence-electron chi connectivity index (χ0n) is 13.7. The number of nitrogens with zero attached hydrogens (tertiary/aromatic N) is 2. The van der Waals surface area contributed by atoms with Crippen LogP contribution in [0.5, 0.6) is 5.75 Å². The number of aromatic amines is 1. The van der Waals surface area contributed by atoms with E-state index in [0.29, 0.717) is 22.0 Å². The zero-order valence-corrected chi connectivity index (χ0v) is 14.6. The quantitative estimate of drug-likeness (QED) is 0.379. The molecule has 7 nitrogen and oxygen atoms in total. The second-order valence-electron chi connectivity index (χ2n) is 5.00. The van der Waals surface area contributed by atoms with Crippen LogP contribution in [0.25, 0.3) is 10.9 Å². The van der Waals surface area contributed by atoms with E-state index in [4.69, 9.17) is 4.74 Å². The lowest BCUT2D eigenvalue weighted by molar-refractivity contribution is 0.415. The lowest BCUT2D eigenvalue weighted by Gasteiger charge is -2.10. The van der Waals surface area contributed by atoms with E-state index in [9.17, 15) is 4.79 Å². The highest BCUT2D eigenvalue weighted by atomic mass is 32.2. The highest BCUT2D eigenvalue weighted by Gasteiger charge is 2.04. The first-order valence-corrected chi connectivity index (χ1v) is 8.70. The Kier molecular flexibility index (Phi) is 5.20. The fraction of sp³-hybridized carbons (Fsp3) is 0.118. The summed E-state index contributed by atoms with van der Waals surface area (Å²) in [5.74, 6) is 1.09. The molecule has 3 N–H and O–H groups in total. The Labute approximate surface area is 148 Å². The molecule has 2 aromatic carbocycles. The minimum Gasteiger partial charge on any atom is -0.497 e. The third kappa shape index (κ3) is 4.10. The van der Waals surface area contributed by atoms with Crippen molar-refractivity contribution in [3.8, 4) is 5.75 Å². The molecule has 0 radical (unpaired) electrons. The standard InChI is InChI=1S/C17H17N5O2S/c1-24-12-9-7-11(8-10-12)18-17(25-2)22-21-16-19-14-6-4-3-5-13(14)15(23)20-16/h3-10H,1-2H3,(H,18,22)(H2,19,20,21,23). The largest absolute Gasteiger partial charge is 0.497 e. The molecule has 0 saturated heterocycles. The average molecular weight is 355 g/mol. The second kappa shape index (κ2) is 7.71. The first kappa shape index (κ1) is 16.8. The molecule has 0 atom stereocenters. The van der Waals surface area contributed by atoms with E-state index in [1.807, 2.05) is 36.6 Å². The lowest BCUT2D eigenvalue weighted by atomic mass is 10.2. The fourth-order valence-electron chi connectivity index (χ4n) is 2.16. The molecule has 3 aromatic rings. The van der Waals surface area contributed by atoms with Gasteiger partial charge in [0, 0.05) is 0 Å². The topological polar surface area (TPSA) is 91.4 Å². The van der Waals surface area contributed by atoms with Crippen molar-refractivity contribution in [3.63, 3.8) is 0 Å². The number of methoxy groups -OCH3 is 1. The highest BCUT2D eigenvalue weighted by Crippen LogP contribution is 2.18. The van der Waals surface area contributed by atoms with E-state index in [-0.39, 0.29) is 5.56 Å². The number of para-hydroxylation sites is 1. The molecular formula is C17H17N5O2S. The Morgan fingerprint density at radius 1 is 1.20 bits per heavy atom. The molecule has 0 saturated carbocycles. The van der Waals surface area contributed by atoms with Crippen LogP contribution in [-0.2, 0) is 0 Å². The summed E-state index contributed by atoms with van der Waals surface area (Å²) < 4.78 is 5.13. The van der Waals surface area contributed by atoms with Crippen LogP contribution in [0, 0.1) is 0 Å². The number of hydrogen-bond donors (Lipinski definition) is 3. The van der Waals surface area contributed by atoms with Crippen LogP contribution in [0.4, 0.5) is 11.6 Å². The number of ether oxygens (including phenoxy) is 1. The molecule has 1 heterocycles. The van der Waals surface area contributed by atoms with Crippen molar-refractivity contribution in [2.45, 2.75) is 0 Å². The number of hydrogen-bond acceptors (Lipinski definition) is 6. The van der Waals surface area contributed by atoms with Gasteiger partial charge in [0.2, 0.25) is 5.95 Å². The van der Waals surface area contributed by atoms with Crippen molar-refractivity contribution in [2.24, 2.45) is 4.99 Å². The number of hydrazine groups is 1. The highest BCUT2D eigenvalue weighted by molar-refractivity contribution is 8.13. The van der Waals surface area contributed by atoms with Gasteiger partial charge in [-0.15, -0.1) is 0 Å².